The average Bonchev–Trinajstić information content (AvgIpc) is 2.65. The summed E-state index contributed by atoms with van der Waals surface area (Å²) in [5.41, 5.74) is 4.86. The number of rotatable bonds is 4. The Bertz CT molecular complexity index is 553. The van der Waals surface area contributed by atoms with Crippen LogP contribution in [0.5, 0.6) is 0 Å². The van der Waals surface area contributed by atoms with Gasteiger partial charge in [0, 0.05) is 23.8 Å². The fourth-order valence-corrected chi connectivity index (χ4v) is 2.61. The molecule has 1 fully saturated rings. The van der Waals surface area contributed by atoms with Crippen LogP contribution in [0.15, 0.2) is 30.3 Å². The van der Waals surface area contributed by atoms with Crippen LogP contribution in [-0.4, -0.2) is 15.8 Å². The third-order valence-electron chi connectivity index (χ3n) is 4.11. The van der Waals surface area contributed by atoms with Gasteiger partial charge in [0.1, 0.15) is 0 Å². The number of nitrogens with one attached hydrogen (secondary N) is 1. The van der Waals surface area contributed by atoms with E-state index in [2.05, 4.69) is 48.5 Å². The molecule has 19 heavy (non-hydrogen) atoms. The Morgan fingerprint density at radius 3 is 2.58 bits per heavy atom. The second-order valence-electron chi connectivity index (χ2n) is 5.41. The first-order valence-electron chi connectivity index (χ1n) is 7.09. The summed E-state index contributed by atoms with van der Waals surface area (Å²) in [4.78, 5) is 0. The van der Waals surface area contributed by atoms with Gasteiger partial charge in [0.25, 0.3) is 0 Å². The van der Waals surface area contributed by atoms with Gasteiger partial charge in [-0.25, -0.2) is 4.68 Å². The summed E-state index contributed by atoms with van der Waals surface area (Å²) in [6.45, 7) is 5.20. The standard InChI is InChI=1S/C16H21N3/c1-12-16(11-17-14-7-6-8-14)13(2)19(18-12)15-9-4-3-5-10-15/h3-5,9-10,14,17H,6-8,11H2,1-2H3. The van der Waals surface area contributed by atoms with Gasteiger partial charge in [-0.2, -0.15) is 5.10 Å². The van der Waals surface area contributed by atoms with Gasteiger partial charge < -0.3 is 5.32 Å². The molecule has 0 atom stereocenters. The minimum absolute atomic E-state index is 0.721. The van der Waals surface area contributed by atoms with Gasteiger partial charge >= 0.3 is 0 Å². The Morgan fingerprint density at radius 2 is 1.95 bits per heavy atom. The molecular formula is C16H21N3. The van der Waals surface area contributed by atoms with Crippen molar-refractivity contribution in [3.63, 3.8) is 0 Å². The fraction of sp³-hybridized carbons (Fsp3) is 0.438. The summed E-state index contributed by atoms with van der Waals surface area (Å²) >= 11 is 0. The van der Waals surface area contributed by atoms with E-state index < -0.39 is 0 Å². The molecule has 1 saturated carbocycles. The van der Waals surface area contributed by atoms with Gasteiger partial charge in [-0.05, 0) is 38.8 Å². The van der Waals surface area contributed by atoms with Gasteiger partial charge in [-0.1, -0.05) is 24.6 Å². The van der Waals surface area contributed by atoms with Gasteiger partial charge in [0.05, 0.1) is 11.4 Å². The summed E-state index contributed by atoms with van der Waals surface area (Å²) in [5, 5.41) is 8.31. The topological polar surface area (TPSA) is 29.9 Å². The Morgan fingerprint density at radius 1 is 1.21 bits per heavy atom. The number of hydrogen-bond donors (Lipinski definition) is 1. The number of para-hydroxylation sites is 1. The minimum Gasteiger partial charge on any atom is -0.310 e. The zero-order valence-electron chi connectivity index (χ0n) is 11.7. The van der Waals surface area contributed by atoms with Crippen LogP contribution < -0.4 is 5.32 Å². The first-order chi connectivity index (χ1) is 9.25. The molecule has 0 spiro atoms. The van der Waals surface area contributed by atoms with Crippen molar-refractivity contribution in [2.24, 2.45) is 0 Å². The van der Waals surface area contributed by atoms with Crippen LogP contribution in [0.1, 0.15) is 36.2 Å². The lowest BCUT2D eigenvalue weighted by Crippen LogP contribution is -2.34. The first kappa shape index (κ1) is 12.4. The number of benzene rings is 1. The Hall–Kier alpha value is -1.61. The molecule has 1 aliphatic rings. The smallest absolute Gasteiger partial charge is 0.0648 e. The summed E-state index contributed by atoms with van der Waals surface area (Å²) in [6, 6.07) is 11.1. The molecule has 0 amide bonds. The number of nitrogens with zero attached hydrogens (tertiary/aromatic N) is 2. The van der Waals surface area contributed by atoms with E-state index in [1.165, 1.54) is 30.5 Å². The molecule has 1 aromatic heterocycles. The monoisotopic (exact) mass is 255 g/mol. The zero-order valence-corrected chi connectivity index (χ0v) is 11.7. The normalized spacial score (nSPS) is 15.5. The molecule has 100 valence electrons. The fourth-order valence-electron chi connectivity index (χ4n) is 2.61. The molecule has 2 aromatic rings. The van der Waals surface area contributed by atoms with E-state index in [-0.39, 0.29) is 0 Å². The number of hydrogen-bond acceptors (Lipinski definition) is 2. The molecule has 1 aliphatic carbocycles. The maximum atomic E-state index is 4.68. The quantitative estimate of drug-likeness (QED) is 0.909. The van der Waals surface area contributed by atoms with Crippen molar-refractivity contribution in [3.8, 4) is 5.69 Å². The Labute approximate surface area is 114 Å². The van der Waals surface area contributed by atoms with E-state index in [1.54, 1.807) is 0 Å². The molecule has 1 N–H and O–H groups in total. The molecule has 0 radical (unpaired) electrons. The highest BCUT2D eigenvalue weighted by molar-refractivity contribution is 5.36. The predicted octanol–water partition coefficient (Wildman–Crippen LogP) is 3.13. The Kier molecular flexibility index (Phi) is 3.38. The van der Waals surface area contributed by atoms with E-state index >= 15 is 0 Å². The van der Waals surface area contributed by atoms with Crippen LogP contribution in [-0.2, 0) is 6.54 Å². The molecule has 1 heterocycles. The van der Waals surface area contributed by atoms with Gasteiger partial charge in [0.15, 0.2) is 0 Å². The molecule has 0 bridgehead atoms. The molecule has 0 unspecified atom stereocenters. The highest BCUT2D eigenvalue weighted by Crippen LogP contribution is 2.21. The van der Waals surface area contributed by atoms with Crippen molar-refractivity contribution in [2.45, 2.75) is 45.7 Å². The van der Waals surface area contributed by atoms with Crippen LogP contribution >= 0.6 is 0 Å². The van der Waals surface area contributed by atoms with Crippen LogP contribution in [0, 0.1) is 13.8 Å². The van der Waals surface area contributed by atoms with Crippen molar-refractivity contribution >= 4 is 0 Å². The lowest BCUT2D eigenvalue weighted by molar-refractivity contribution is 0.338. The second-order valence-corrected chi connectivity index (χ2v) is 5.41. The number of aromatic nitrogens is 2. The van der Waals surface area contributed by atoms with Crippen molar-refractivity contribution in [1.29, 1.82) is 0 Å². The molecule has 3 rings (SSSR count). The van der Waals surface area contributed by atoms with Crippen molar-refractivity contribution in [1.82, 2.24) is 15.1 Å². The van der Waals surface area contributed by atoms with Gasteiger partial charge in [-0.15, -0.1) is 0 Å². The van der Waals surface area contributed by atoms with Crippen LogP contribution in [0.4, 0.5) is 0 Å². The third kappa shape index (κ3) is 2.43. The summed E-state index contributed by atoms with van der Waals surface area (Å²) < 4.78 is 2.05. The van der Waals surface area contributed by atoms with Crippen molar-refractivity contribution in [2.75, 3.05) is 0 Å². The zero-order chi connectivity index (χ0) is 13.2. The third-order valence-corrected chi connectivity index (χ3v) is 4.11. The second kappa shape index (κ2) is 5.17. The largest absolute Gasteiger partial charge is 0.310 e. The van der Waals surface area contributed by atoms with Crippen LogP contribution in [0.3, 0.4) is 0 Å². The maximum absolute atomic E-state index is 4.68. The molecule has 0 aliphatic heterocycles. The van der Waals surface area contributed by atoms with Gasteiger partial charge in [-0.3, -0.25) is 0 Å². The molecule has 3 heteroatoms. The highest BCUT2D eigenvalue weighted by atomic mass is 15.3. The van der Waals surface area contributed by atoms with E-state index in [4.69, 9.17) is 0 Å². The number of aryl methyl sites for hydroxylation is 1. The van der Waals surface area contributed by atoms with E-state index in [1.807, 2.05) is 10.7 Å². The summed E-state index contributed by atoms with van der Waals surface area (Å²) in [6.07, 6.45) is 4.02. The lowest BCUT2D eigenvalue weighted by atomic mass is 9.93. The molecular weight excluding hydrogens is 234 g/mol. The summed E-state index contributed by atoms with van der Waals surface area (Å²) in [5.74, 6) is 0. The van der Waals surface area contributed by atoms with Crippen molar-refractivity contribution < 1.29 is 0 Å². The average molecular weight is 255 g/mol. The molecule has 0 saturated heterocycles. The molecule has 3 nitrogen and oxygen atoms in total. The van der Waals surface area contributed by atoms with E-state index in [0.717, 1.165) is 24.0 Å². The van der Waals surface area contributed by atoms with Crippen molar-refractivity contribution in [3.05, 3.63) is 47.3 Å². The molecule has 1 aromatic carbocycles. The van der Waals surface area contributed by atoms with Crippen LogP contribution in [0.25, 0.3) is 5.69 Å². The minimum atomic E-state index is 0.721. The predicted molar refractivity (Wildman–Crippen MR) is 77.5 cm³/mol. The van der Waals surface area contributed by atoms with Crippen LogP contribution in [0.2, 0.25) is 0 Å². The summed E-state index contributed by atoms with van der Waals surface area (Å²) in [7, 11) is 0. The Balaban J connectivity index is 1.83. The first-order valence-corrected chi connectivity index (χ1v) is 7.09. The van der Waals surface area contributed by atoms with Gasteiger partial charge in [0.2, 0.25) is 0 Å². The van der Waals surface area contributed by atoms with E-state index in [9.17, 15) is 0 Å². The SMILES string of the molecule is Cc1nn(-c2ccccc2)c(C)c1CNC1CCC1. The maximum Gasteiger partial charge on any atom is 0.0648 e. The lowest BCUT2D eigenvalue weighted by Gasteiger charge is -2.26. The highest BCUT2D eigenvalue weighted by Gasteiger charge is 2.18. The van der Waals surface area contributed by atoms with E-state index in [0.29, 0.717) is 0 Å².